The van der Waals surface area contributed by atoms with Crippen LogP contribution < -0.4 is 10.6 Å². The van der Waals surface area contributed by atoms with Gasteiger partial charge < -0.3 is 10.1 Å². The zero-order chi connectivity index (χ0) is 19.0. The van der Waals surface area contributed by atoms with Crippen molar-refractivity contribution in [3.05, 3.63) is 35.4 Å². The maximum atomic E-state index is 11.9. The van der Waals surface area contributed by atoms with Gasteiger partial charge in [-0.3, -0.25) is 10.1 Å². The van der Waals surface area contributed by atoms with Crippen LogP contribution in [0.1, 0.15) is 29.8 Å². The molecule has 0 radical (unpaired) electrons. The van der Waals surface area contributed by atoms with E-state index in [2.05, 4.69) is 5.32 Å². The van der Waals surface area contributed by atoms with E-state index in [-0.39, 0.29) is 17.2 Å². The first kappa shape index (κ1) is 20.6. The number of carbonyl (C=O) groups is 3. The van der Waals surface area contributed by atoms with Gasteiger partial charge in [-0.15, -0.1) is 0 Å². The summed E-state index contributed by atoms with van der Waals surface area (Å²) in [5.74, 6) is -1.52. The second-order valence-electron chi connectivity index (χ2n) is 6.00. The second-order valence-corrected chi connectivity index (χ2v) is 8.14. The normalized spacial score (nSPS) is 11.0. The van der Waals surface area contributed by atoms with E-state index in [9.17, 15) is 22.8 Å². The third kappa shape index (κ3) is 8.85. The monoisotopic (exact) mass is 370 g/mol. The molecule has 0 fully saturated rings. The summed E-state index contributed by atoms with van der Waals surface area (Å²) in [6.45, 7) is 3.60. The fourth-order valence-corrected chi connectivity index (χ4v) is 2.59. The molecule has 0 atom stereocenters. The first-order valence-electron chi connectivity index (χ1n) is 7.58. The van der Waals surface area contributed by atoms with E-state index in [1.807, 2.05) is 19.2 Å². The van der Waals surface area contributed by atoms with Crippen molar-refractivity contribution in [2.75, 3.05) is 19.4 Å². The molecule has 1 aromatic carbocycles. The van der Waals surface area contributed by atoms with Crippen molar-refractivity contribution >= 4 is 27.7 Å². The summed E-state index contributed by atoms with van der Waals surface area (Å²) in [6, 6.07) is 5.27. The lowest BCUT2D eigenvalue weighted by Crippen LogP contribution is -2.42. The lowest BCUT2D eigenvalue weighted by molar-refractivity contribution is -0.123. The zero-order valence-corrected chi connectivity index (χ0v) is 15.2. The van der Waals surface area contributed by atoms with Gasteiger partial charge in [-0.25, -0.2) is 18.0 Å². The van der Waals surface area contributed by atoms with E-state index >= 15 is 0 Å². The highest BCUT2D eigenvalue weighted by atomic mass is 32.2. The first-order valence-corrected chi connectivity index (χ1v) is 9.64. The molecule has 3 amide bonds. The zero-order valence-electron chi connectivity index (χ0n) is 14.4. The van der Waals surface area contributed by atoms with Gasteiger partial charge in [0, 0.05) is 12.8 Å². The van der Waals surface area contributed by atoms with Crippen LogP contribution in [-0.4, -0.2) is 45.7 Å². The Labute approximate surface area is 146 Å². The Morgan fingerprint density at radius 1 is 1.20 bits per heavy atom. The van der Waals surface area contributed by atoms with Gasteiger partial charge in [0.1, 0.15) is 0 Å². The molecule has 0 spiro atoms. The van der Waals surface area contributed by atoms with Crippen molar-refractivity contribution in [1.29, 1.82) is 0 Å². The first-order chi connectivity index (χ1) is 11.6. The number of ether oxygens (including phenoxy) is 1. The summed E-state index contributed by atoms with van der Waals surface area (Å²) < 4.78 is 27.4. The number of rotatable bonds is 7. The highest BCUT2D eigenvalue weighted by molar-refractivity contribution is 7.89. The van der Waals surface area contributed by atoms with E-state index in [4.69, 9.17) is 4.74 Å². The number of carbonyl (C=O) groups excluding carboxylic acids is 3. The largest absolute Gasteiger partial charge is 0.452 e. The SMILES string of the molecule is CC(C)CNC(=O)NC(=O)COC(=O)c1cccc(CS(C)(=O)=O)c1. The summed E-state index contributed by atoms with van der Waals surface area (Å²) >= 11 is 0. The smallest absolute Gasteiger partial charge is 0.338 e. The highest BCUT2D eigenvalue weighted by Gasteiger charge is 2.14. The van der Waals surface area contributed by atoms with E-state index < -0.39 is 34.4 Å². The molecule has 0 unspecified atom stereocenters. The topological polar surface area (TPSA) is 119 Å². The Kier molecular flexibility index (Phi) is 7.56. The van der Waals surface area contributed by atoms with E-state index in [0.29, 0.717) is 12.1 Å². The van der Waals surface area contributed by atoms with Crippen molar-refractivity contribution in [3.8, 4) is 0 Å². The number of hydrogen-bond acceptors (Lipinski definition) is 6. The molecule has 25 heavy (non-hydrogen) atoms. The average Bonchev–Trinajstić information content (AvgIpc) is 2.49. The minimum atomic E-state index is -3.23. The molecule has 1 aromatic rings. The van der Waals surface area contributed by atoms with Crippen LogP contribution >= 0.6 is 0 Å². The Bertz CT molecular complexity index is 743. The summed E-state index contributed by atoms with van der Waals surface area (Å²) in [5, 5.41) is 4.53. The van der Waals surface area contributed by atoms with Gasteiger partial charge in [-0.1, -0.05) is 26.0 Å². The fraction of sp³-hybridized carbons (Fsp3) is 0.438. The fourth-order valence-electron chi connectivity index (χ4n) is 1.81. The van der Waals surface area contributed by atoms with Gasteiger partial charge >= 0.3 is 12.0 Å². The average molecular weight is 370 g/mol. The maximum Gasteiger partial charge on any atom is 0.338 e. The van der Waals surface area contributed by atoms with Crippen LogP contribution in [0.25, 0.3) is 0 Å². The molecule has 0 saturated carbocycles. The van der Waals surface area contributed by atoms with Crippen LogP contribution in [0.15, 0.2) is 24.3 Å². The van der Waals surface area contributed by atoms with E-state index in [1.54, 1.807) is 6.07 Å². The molecule has 138 valence electrons. The Hall–Kier alpha value is -2.42. The number of nitrogens with one attached hydrogen (secondary N) is 2. The number of benzene rings is 1. The summed E-state index contributed by atoms with van der Waals surface area (Å²) in [6.07, 6.45) is 1.09. The third-order valence-corrected chi connectivity index (χ3v) is 3.71. The lowest BCUT2D eigenvalue weighted by Gasteiger charge is -2.09. The van der Waals surface area contributed by atoms with Gasteiger partial charge in [0.15, 0.2) is 16.4 Å². The van der Waals surface area contributed by atoms with Gasteiger partial charge in [0.25, 0.3) is 5.91 Å². The van der Waals surface area contributed by atoms with Gasteiger partial charge in [-0.2, -0.15) is 0 Å². The predicted molar refractivity (Wildman–Crippen MR) is 91.7 cm³/mol. The molecule has 1 rings (SSSR count). The van der Waals surface area contributed by atoms with Crippen molar-refractivity contribution in [1.82, 2.24) is 10.6 Å². The molecule has 0 saturated heterocycles. The lowest BCUT2D eigenvalue weighted by atomic mass is 10.1. The number of amides is 3. The molecular formula is C16H22N2O6S. The Morgan fingerprint density at radius 2 is 1.88 bits per heavy atom. The van der Waals surface area contributed by atoms with Crippen LogP contribution in [0.4, 0.5) is 4.79 Å². The van der Waals surface area contributed by atoms with Crippen LogP contribution in [0.5, 0.6) is 0 Å². The quantitative estimate of drug-likeness (QED) is 0.688. The molecule has 0 aromatic heterocycles. The molecule has 0 aliphatic heterocycles. The van der Waals surface area contributed by atoms with E-state index in [1.165, 1.54) is 18.2 Å². The summed E-state index contributed by atoms with van der Waals surface area (Å²) in [5.41, 5.74) is 0.563. The van der Waals surface area contributed by atoms with Crippen molar-refractivity contribution in [3.63, 3.8) is 0 Å². The van der Waals surface area contributed by atoms with Crippen molar-refractivity contribution < 1.29 is 27.5 Å². The molecule has 9 heteroatoms. The van der Waals surface area contributed by atoms with Crippen LogP contribution in [0.3, 0.4) is 0 Å². The molecular weight excluding hydrogens is 348 g/mol. The number of esters is 1. The summed E-state index contributed by atoms with van der Waals surface area (Å²) in [4.78, 5) is 34.9. The Balaban J connectivity index is 2.52. The summed E-state index contributed by atoms with van der Waals surface area (Å²) in [7, 11) is -3.23. The molecule has 0 bridgehead atoms. The van der Waals surface area contributed by atoms with E-state index in [0.717, 1.165) is 6.26 Å². The predicted octanol–water partition coefficient (Wildman–Crippen LogP) is 0.870. The minimum absolute atomic E-state index is 0.123. The van der Waals surface area contributed by atoms with Crippen molar-refractivity contribution in [2.24, 2.45) is 5.92 Å². The maximum absolute atomic E-state index is 11.9. The van der Waals surface area contributed by atoms with Crippen LogP contribution in [0, 0.1) is 5.92 Å². The second kappa shape index (κ2) is 9.16. The number of urea groups is 1. The van der Waals surface area contributed by atoms with Crippen LogP contribution in [-0.2, 0) is 25.1 Å². The van der Waals surface area contributed by atoms with Gasteiger partial charge in [0.2, 0.25) is 0 Å². The highest BCUT2D eigenvalue weighted by Crippen LogP contribution is 2.10. The molecule has 8 nitrogen and oxygen atoms in total. The van der Waals surface area contributed by atoms with Crippen molar-refractivity contribution in [2.45, 2.75) is 19.6 Å². The van der Waals surface area contributed by atoms with Gasteiger partial charge in [-0.05, 0) is 23.6 Å². The minimum Gasteiger partial charge on any atom is -0.452 e. The van der Waals surface area contributed by atoms with Crippen LogP contribution in [0.2, 0.25) is 0 Å². The molecule has 0 aliphatic rings. The number of imide groups is 1. The molecule has 0 heterocycles. The Morgan fingerprint density at radius 3 is 2.48 bits per heavy atom. The number of sulfone groups is 1. The molecule has 2 N–H and O–H groups in total. The molecule has 0 aliphatic carbocycles. The third-order valence-electron chi connectivity index (χ3n) is 2.85. The standard InChI is InChI=1S/C16H22N2O6S/c1-11(2)8-17-16(21)18-14(19)9-24-15(20)13-6-4-5-12(7-13)10-25(3,22)23/h4-7,11H,8-10H2,1-3H3,(H2,17,18,19,21). The number of hydrogen-bond donors (Lipinski definition) is 2. The van der Waals surface area contributed by atoms with Gasteiger partial charge in [0.05, 0.1) is 11.3 Å².